The second-order valence-corrected chi connectivity index (χ2v) is 2.71. The van der Waals surface area contributed by atoms with Crippen molar-refractivity contribution >= 4 is 12.4 Å². The van der Waals surface area contributed by atoms with E-state index in [1.165, 1.54) is 0 Å². The average Bonchev–Trinajstić information content (AvgIpc) is 2.03. The number of phenolic OH excluding ortho intramolecular Hbond substituents is 1. The van der Waals surface area contributed by atoms with E-state index in [9.17, 15) is 5.11 Å². The molecule has 0 bridgehead atoms. The van der Waals surface area contributed by atoms with E-state index in [1.807, 2.05) is 6.92 Å². The fraction of sp³-hybridized carbons (Fsp3) is 0.333. The SMILES string of the molecule is COc1ccc([C@H](C)N)c(O)c1.Cl. The maximum Gasteiger partial charge on any atom is 0.124 e. The largest absolute Gasteiger partial charge is 0.507 e. The van der Waals surface area contributed by atoms with E-state index in [4.69, 9.17) is 10.5 Å². The number of phenols is 1. The van der Waals surface area contributed by atoms with Crippen LogP contribution >= 0.6 is 12.4 Å². The first-order valence-electron chi connectivity index (χ1n) is 3.77. The van der Waals surface area contributed by atoms with E-state index in [2.05, 4.69) is 0 Å². The Labute approximate surface area is 83.9 Å². The molecule has 0 amide bonds. The van der Waals surface area contributed by atoms with Crippen LogP contribution in [0.25, 0.3) is 0 Å². The van der Waals surface area contributed by atoms with Crippen molar-refractivity contribution in [2.45, 2.75) is 13.0 Å². The van der Waals surface area contributed by atoms with Gasteiger partial charge in [0.1, 0.15) is 11.5 Å². The zero-order chi connectivity index (χ0) is 9.14. The van der Waals surface area contributed by atoms with Crippen LogP contribution in [0.5, 0.6) is 11.5 Å². The summed E-state index contributed by atoms with van der Waals surface area (Å²) in [4.78, 5) is 0. The van der Waals surface area contributed by atoms with Gasteiger partial charge in [-0.25, -0.2) is 0 Å². The smallest absolute Gasteiger partial charge is 0.124 e. The minimum absolute atomic E-state index is 0. The quantitative estimate of drug-likeness (QED) is 0.771. The predicted octanol–water partition coefficient (Wildman–Crippen LogP) is 1.84. The van der Waals surface area contributed by atoms with Gasteiger partial charge in [-0.1, -0.05) is 6.07 Å². The van der Waals surface area contributed by atoms with E-state index < -0.39 is 0 Å². The van der Waals surface area contributed by atoms with Crippen LogP contribution in [0, 0.1) is 0 Å². The molecule has 0 unspecified atom stereocenters. The molecule has 0 fully saturated rings. The van der Waals surface area contributed by atoms with Gasteiger partial charge in [-0.15, -0.1) is 12.4 Å². The number of nitrogens with two attached hydrogens (primary N) is 1. The third-order valence-corrected chi connectivity index (χ3v) is 1.73. The third kappa shape index (κ3) is 2.79. The molecule has 0 saturated heterocycles. The topological polar surface area (TPSA) is 55.5 Å². The molecule has 1 aromatic rings. The molecule has 3 nitrogen and oxygen atoms in total. The highest BCUT2D eigenvalue weighted by Gasteiger charge is 2.06. The summed E-state index contributed by atoms with van der Waals surface area (Å²) in [7, 11) is 1.56. The molecule has 74 valence electrons. The van der Waals surface area contributed by atoms with Crippen LogP contribution in [0.1, 0.15) is 18.5 Å². The highest BCUT2D eigenvalue weighted by Crippen LogP contribution is 2.26. The molecular weight excluding hydrogens is 190 g/mol. The van der Waals surface area contributed by atoms with Crippen LogP contribution in [0.3, 0.4) is 0 Å². The van der Waals surface area contributed by atoms with E-state index in [-0.39, 0.29) is 24.2 Å². The number of aromatic hydroxyl groups is 1. The predicted molar refractivity (Wildman–Crippen MR) is 54.5 cm³/mol. The number of benzene rings is 1. The van der Waals surface area contributed by atoms with Gasteiger partial charge in [0.25, 0.3) is 0 Å². The van der Waals surface area contributed by atoms with Crippen molar-refractivity contribution in [3.8, 4) is 11.5 Å². The minimum Gasteiger partial charge on any atom is -0.507 e. The highest BCUT2D eigenvalue weighted by atomic mass is 35.5. The lowest BCUT2D eigenvalue weighted by molar-refractivity contribution is 0.405. The van der Waals surface area contributed by atoms with Crippen LogP contribution < -0.4 is 10.5 Å². The highest BCUT2D eigenvalue weighted by molar-refractivity contribution is 5.85. The van der Waals surface area contributed by atoms with Crippen molar-refractivity contribution in [3.05, 3.63) is 23.8 Å². The molecule has 0 spiro atoms. The number of hydrogen-bond acceptors (Lipinski definition) is 3. The van der Waals surface area contributed by atoms with Gasteiger partial charge in [0.15, 0.2) is 0 Å². The van der Waals surface area contributed by atoms with Gasteiger partial charge < -0.3 is 15.6 Å². The average molecular weight is 204 g/mol. The third-order valence-electron chi connectivity index (χ3n) is 1.73. The van der Waals surface area contributed by atoms with E-state index in [0.717, 1.165) is 5.56 Å². The summed E-state index contributed by atoms with van der Waals surface area (Å²) < 4.78 is 4.93. The second-order valence-electron chi connectivity index (χ2n) is 2.71. The first-order chi connectivity index (χ1) is 5.65. The van der Waals surface area contributed by atoms with Crippen molar-refractivity contribution in [2.24, 2.45) is 5.73 Å². The molecule has 0 aliphatic carbocycles. The Bertz CT molecular complexity index is 276. The first kappa shape index (κ1) is 12.1. The summed E-state index contributed by atoms with van der Waals surface area (Å²) in [5.41, 5.74) is 6.34. The normalized spacial score (nSPS) is 11.6. The number of rotatable bonds is 2. The van der Waals surface area contributed by atoms with E-state index in [1.54, 1.807) is 25.3 Å². The molecule has 0 radical (unpaired) electrons. The molecule has 0 aromatic heterocycles. The van der Waals surface area contributed by atoms with Crippen LogP contribution in [0.2, 0.25) is 0 Å². The van der Waals surface area contributed by atoms with Gasteiger partial charge in [-0.3, -0.25) is 0 Å². The van der Waals surface area contributed by atoms with E-state index in [0.29, 0.717) is 5.75 Å². The molecule has 1 atom stereocenters. The number of hydrogen-bond donors (Lipinski definition) is 2. The summed E-state index contributed by atoms with van der Waals surface area (Å²) in [6.45, 7) is 1.82. The number of ether oxygens (including phenoxy) is 1. The van der Waals surface area contributed by atoms with Crippen LogP contribution in [-0.4, -0.2) is 12.2 Å². The Kier molecular flexibility index (Phi) is 4.59. The number of methoxy groups -OCH3 is 1. The molecule has 0 aliphatic rings. The lowest BCUT2D eigenvalue weighted by atomic mass is 10.1. The van der Waals surface area contributed by atoms with Crippen LogP contribution in [-0.2, 0) is 0 Å². The molecule has 3 N–H and O–H groups in total. The summed E-state index contributed by atoms with van der Waals surface area (Å²) in [5, 5.41) is 9.43. The van der Waals surface area contributed by atoms with Gasteiger partial charge in [0, 0.05) is 17.7 Å². The summed E-state index contributed by atoms with van der Waals surface area (Å²) in [6, 6.07) is 4.94. The van der Waals surface area contributed by atoms with Crippen molar-refractivity contribution < 1.29 is 9.84 Å². The molecule has 4 heteroatoms. The van der Waals surface area contributed by atoms with Crippen molar-refractivity contribution in [1.82, 2.24) is 0 Å². The molecule has 0 aliphatic heterocycles. The minimum atomic E-state index is -0.157. The van der Waals surface area contributed by atoms with Crippen LogP contribution in [0.4, 0.5) is 0 Å². The molecule has 0 saturated carbocycles. The molecule has 1 rings (SSSR count). The molecule has 0 heterocycles. The Morgan fingerprint density at radius 2 is 2.08 bits per heavy atom. The van der Waals surface area contributed by atoms with Crippen molar-refractivity contribution in [2.75, 3.05) is 7.11 Å². The molecule has 1 aromatic carbocycles. The molecular formula is C9H14ClNO2. The maximum absolute atomic E-state index is 9.43. The lowest BCUT2D eigenvalue weighted by Crippen LogP contribution is -2.04. The lowest BCUT2D eigenvalue weighted by Gasteiger charge is -2.09. The Morgan fingerprint density at radius 1 is 1.46 bits per heavy atom. The summed E-state index contributed by atoms with van der Waals surface area (Å²) in [5.74, 6) is 0.821. The summed E-state index contributed by atoms with van der Waals surface area (Å²) >= 11 is 0. The van der Waals surface area contributed by atoms with Gasteiger partial charge >= 0.3 is 0 Å². The second kappa shape index (κ2) is 4.94. The standard InChI is InChI=1S/C9H13NO2.ClH/c1-6(10)8-4-3-7(12-2)5-9(8)11;/h3-6,11H,10H2,1-2H3;1H/t6-;/m0./s1. The molecule has 13 heavy (non-hydrogen) atoms. The number of halogens is 1. The Balaban J connectivity index is 0.00000144. The van der Waals surface area contributed by atoms with Crippen molar-refractivity contribution in [1.29, 1.82) is 0 Å². The van der Waals surface area contributed by atoms with Crippen molar-refractivity contribution in [3.63, 3.8) is 0 Å². The van der Waals surface area contributed by atoms with Crippen LogP contribution in [0.15, 0.2) is 18.2 Å². The maximum atomic E-state index is 9.43. The fourth-order valence-corrected chi connectivity index (χ4v) is 1.04. The van der Waals surface area contributed by atoms with Gasteiger partial charge in [-0.2, -0.15) is 0 Å². The van der Waals surface area contributed by atoms with E-state index >= 15 is 0 Å². The first-order valence-corrected chi connectivity index (χ1v) is 3.77. The Morgan fingerprint density at radius 3 is 2.46 bits per heavy atom. The van der Waals surface area contributed by atoms with Gasteiger partial charge in [0.2, 0.25) is 0 Å². The van der Waals surface area contributed by atoms with Gasteiger partial charge in [-0.05, 0) is 13.0 Å². The van der Waals surface area contributed by atoms with Gasteiger partial charge in [0.05, 0.1) is 7.11 Å². The Hall–Kier alpha value is -0.930. The monoisotopic (exact) mass is 203 g/mol. The zero-order valence-corrected chi connectivity index (χ0v) is 8.47. The fourth-order valence-electron chi connectivity index (χ4n) is 1.04. The summed E-state index contributed by atoms with van der Waals surface area (Å²) in [6.07, 6.45) is 0. The zero-order valence-electron chi connectivity index (χ0n) is 7.65.